The molecule has 24 heavy (non-hydrogen) atoms. The van der Waals surface area contributed by atoms with E-state index in [2.05, 4.69) is 37.5 Å². The zero-order valence-electron chi connectivity index (χ0n) is 14.6. The molecule has 0 radical (unpaired) electrons. The second-order valence-electron chi connectivity index (χ2n) is 5.58. The van der Waals surface area contributed by atoms with E-state index in [1.54, 1.807) is 19.8 Å². The molecule has 7 heteroatoms. The Morgan fingerprint density at radius 1 is 1.21 bits per heavy atom. The second kappa shape index (κ2) is 9.54. The first-order valence-electron chi connectivity index (χ1n) is 8.10. The number of nitrogens with one attached hydrogen (secondary N) is 1. The molecular weight excluding hydrogens is 304 g/mol. The lowest BCUT2D eigenvalue weighted by Crippen LogP contribution is -2.38. The highest BCUT2D eigenvalue weighted by Crippen LogP contribution is 2.12. The molecule has 1 N–H and O–H groups in total. The number of unbranched alkanes of at least 4 members (excludes halogenated alkanes) is 1. The Bertz CT molecular complexity index is 609. The van der Waals surface area contributed by atoms with Crippen LogP contribution >= 0.6 is 0 Å². The summed E-state index contributed by atoms with van der Waals surface area (Å²) in [5.74, 6) is 1.77. The minimum absolute atomic E-state index is 0.796. The molecule has 2 rings (SSSR count). The number of aromatic nitrogens is 3. The van der Waals surface area contributed by atoms with Crippen molar-refractivity contribution in [3.05, 3.63) is 42.5 Å². The maximum Gasteiger partial charge on any atom is 0.193 e. The van der Waals surface area contributed by atoms with Crippen molar-refractivity contribution in [3.8, 4) is 5.75 Å². The second-order valence-corrected chi connectivity index (χ2v) is 5.58. The van der Waals surface area contributed by atoms with E-state index in [1.165, 1.54) is 5.56 Å². The largest absolute Gasteiger partial charge is 0.497 e. The van der Waals surface area contributed by atoms with Gasteiger partial charge in [0.15, 0.2) is 5.96 Å². The summed E-state index contributed by atoms with van der Waals surface area (Å²) in [6, 6.07) is 8.10. The Labute approximate surface area is 143 Å². The van der Waals surface area contributed by atoms with Gasteiger partial charge in [-0.15, -0.1) is 10.2 Å². The van der Waals surface area contributed by atoms with Crippen LogP contribution in [0.15, 0.2) is 41.9 Å². The first-order valence-corrected chi connectivity index (χ1v) is 8.10. The summed E-state index contributed by atoms with van der Waals surface area (Å²) >= 11 is 0. The maximum absolute atomic E-state index is 5.19. The van der Waals surface area contributed by atoms with Gasteiger partial charge in [-0.25, -0.2) is 0 Å². The number of hydrogen-bond acceptors (Lipinski definition) is 4. The Morgan fingerprint density at radius 3 is 2.54 bits per heavy atom. The highest BCUT2D eigenvalue weighted by Gasteiger charge is 2.06. The molecule has 0 saturated heterocycles. The summed E-state index contributed by atoms with van der Waals surface area (Å²) in [6.45, 7) is 2.63. The first kappa shape index (κ1) is 17.8. The predicted octanol–water partition coefficient (Wildman–Crippen LogP) is 1.77. The van der Waals surface area contributed by atoms with Crippen LogP contribution in [-0.4, -0.2) is 53.4 Å². The van der Waals surface area contributed by atoms with Crippen molar-refractivity contribution in [1.29, 1.82) is 0 Å². The standard InChI is InChI=1S/C17H26N6O/c1-18-17(19-10-4-5-11-23-13-20-21-14-23)22(2)12-15-6-8-16(24-3)9-7-15/h6-9,13-14H,4-5,10-12H2,1-3H3,(H,18,19). The van der Waals surface area contributed by atoms with E-state index in [0.29, 0.717) is 0 Å². The summed E-state index contributed by atoms with van der Waals surface area (Å²) in [4.78, 5) is 6.46. The molecule has 0 bridgehead atoms. The fourth-order valence-electron chi connectivity index (χ4n) is 2.42. The number of aryl methyl sites for hydroxylation is 1. The van der Waals surface area contributed by atoms with Gasteiger partial charge < -0.3 is 19.5 Å². The minimum atomic E-state index is 0.796. The summed E-state index contributed by atoms with van der Waals surface area (Å²) in [5, 5.41) is 11.0. The molecule has 7 nitrogen and oxygen atoms in total. The summed E-state index contributed by atoms with van der Waals surface area (Å²) in [6.07, 6.45) is 5.63. The highest BCUT2D eigenvalue weighted by molar-refractivity contribution is 5.79. The van der Waals surface area contributed by atoms with Gasteiger partial charge in [-0.1, -0.05) is 12.1 Å². The third-order valence-corrected chi connectivity index (χ3v) is 3.74. The van der Waals surface area contributed by atoms with Crippen molar-refractivity contribution in [2.24, 2.45) is 4.99 Å². The number of benzene rings is 1. The first-order chi connectivity index (χ1) is 11.7. The van der Waals surface area contributed by atoms with Crippen molar-refractivity contribution in [3.63, 3.8) is 0 Å². The average Bonchev–Trinajstić information content (AvgIpc) is 3.12. The number of hydrogen-bond donors (Lipinski definition) is 1. The molecule has 1 aromatic heterocycles. The van der Waals surface area contributed by atoms with Gasteiger partial charge in [0.1, 0.15) is 18.4 Å². The molecule has 0 atom stereocenters. The smallest absolute Gasteiger partial charge is 0.193 e. The Balaban J connectivity index is 1.71. The Kier molecular flexibility index (Phi) is 7.07. The van der Waals surface area contributed by atoms with Crippen LogP contribution in [0.5, 0.6) is 5.75 Å². The third-order valence-electron chi connectivity index (χ3n) is 3.74. The van der Waals surface area contributed by atoms with Gasteiger partial charge >= 0.3 is 0 Å². The molecule has 0 aliphatic heterocycles. The van der Waals surface area contributed by atoms with E-state index in [0.717, 1.165) is 44.2 Å². The topological polar surface area (TPSA) is 67.6 Å². The molecule has 0 saturated carbocycles. The number of methoxy groups -OCH3 is 1. The van der Waals surface area contributed by atoms with Crippen LogP contribution in [0, 0.1) is 0 Å². The van der Waals surface area contributed by atoms with Crippen LogP contribution in [0.4, 0.5) is 0 Å². The molecule has 1 heterocycles. The molecule has 130 valence electrons. The lowest BCUT2D eigenvalue weighted by Gasteiger charge is -2.22. The number of aliphatic imine (C=N–C) groups is 1. The molecule has 0 aliphatic rings. The van der Waals surface area contributed by atoms with E-state index in [-0.39, 0.29) is 0 Å². The predicted molar refractivity (Wildman–Crippen MR) is 95.1 cm³/mol. The molecule has 0 amide bonds. The quantitative estimate of drug-likeness (QED) is 0.454. The summed E-state index contributed by atoms with van der Waals surface area (Å²) in [5.41, 5.74) is 1.22. The normalized spacial score (nSPS) is 11.4. The van der Waals surface area contributed by atoms with Crippen molar-refractivity contribution >= 4 is 5.96 Å². The molecular formula is C17H26N6O. The molecule has 0 aliphatic carbocycles. The van der Waals surface area contributed by atoms with Gasteiger partial charge in [-0.05, 0) is 30.5 Å². The van der Waals surface area contributed by atoms with Crippen LogP contribution in [0.25, 0.3) is 0 Å². The average molecular weight is 330 g/mol. The van der Waals surface area contributed by atoms with Crippen LogP contribution in [0.1, 0.15) is 18.4 Å². The fraction of sp³-hybridized carbons (Fsp3) is 0.471. The monoisotopic (exact) mass is 330 g/mol. The Hall–Kier alpha value is -2.57. The molecule has 0 fully saturated rings. The van der Waals surface area contributed by atoms with Gasteiger partial charge in [0.05, 0.1) is 7.11 Å². The van der Waals surface area contributed by atoms with Crippen LogP contribution in [-0.2, 0) is 13.1 Å². The van der Waals surface area contributed by atoms with Gasteiger partial charge in [0.2, 0.25) is 0 Å². The van der Waals surface area contributed by atoms with Crippen LogP contribution in [0.3, 0.4) is 0 Å². The molecule has 0 spiro atoms. The van der Waals surface area contributed by atoms with Gasteiger partial charge in [-0.3, -0.25) is 4.99 Å². The molecule has 0 unspecified atom stereocenters. The highest BCUT2D eigenvalue weighted by atomic mass is 16.5. The summed E-state index contributed by atoms with van der Waals surface area (Å²) in [7, 11) is 5.52. The van der Waals surface area contributed by atoms with Crippen molar-refractivity contribution in [1.82, 2.24) is 25.0 Å². The lowest BCUT2D eigenvalue weighted by atomic mass is 10.2. The van der Waals surface area contributed by atoms with E-state index in [1.807, 2.05) is 30.8 Å². The van der Waals surface area contributed by atoms with Crippen molar-refractivity contribution < 1.29 is 4.74 Å². The maximum atomic E-state index is 5.19. The zero-order chi connectivity index (χ0) is 17.2. The Morgan fingerprint density at radius 2 is 1.92 bits per heavy atom. The summed E-state index contributed by atoms with van der Waals surface area (Å²) < 4.78 is 7.18. The number of rotatable bonds is 8. The van der Waals surface area contributed by atoms with Gasteiger partial charge in [0.25, 0.3) is 0 Å². The number of guanidine groups is 1. The molecule has 1 aromatic carbocycles. The minimum Gasteiger partial charge on any atom is -0.497 e. The number of nitrogens with zero attached hydrogens (tertiary/aromatic N) is 5. The lowest BCUT2D eigenvalue weighted by molar-refractivity contribution is 0.414. The fourth-order valence-corrected chi connectivity index (χ4v) is 2.42. The zero-order valence-corrected chi connectivity index (χ0v) is 14.6. The molecule has 2 aromatic rings. The number of ether oxygens (including phenoxy) is 1. The van der Waals surface area contributed by atoms with E-state index < -0.39 is 0 Å². The van der Waals surface area contributed by atoms with Crippen molar-refractivity contribution in [2.75, 3.05) is 27.7 Å². The van der Waals surface area contributed by atoms with Gasteiger partial charge in [0, 0.05) is 33.7 Å². The SMILES string of the molecule is CN=C(NCCCCn1cnnc1)N(C)Cc1ccc(OC)cc1. The van der Waals surface area contributed by atoms with E-state index >= 15 is 0 Å². The van der Waals surface area contributed by atoms with Crippen molar-refractivity contribution in [2.45, 2.75) is 25.9 Å². The van der Waals surface area contributed by atoms with Crippen LogP contribution < -0.4 is 10.1 Å². The third kappa shape index (κ3) is 5.57. The van der Waals surface area contributed by atoms with E-state index in [9.17, 15) is 0 Å². The van der Waals surface area contributed by atoms with E-state index in [4.69, 9.17) is 4.74 Å². The van der Waals surface area contributed by atoms with Crippen LogP contribution in [0.2, 0.25) is 0 Å². The van der Waals surface area contributed by atoms with Gasteiger partial charge in [-0.2, -0.15) is 0 Å².